The Morgan fingerprint density at radius 3 is 2.68 bits per heavy atom. The molecule has 1 aromatic carbocycles. The zero-order chi connectivity index (χ0) is 17.8. The van der Waals surface area contributed by atoms with E-state index < -0.39 is 29.7 Å². The van der Waals surface area contributed by atoms with Crippen LogP contribution in [0.15, 0.2) is 46.1 Å². The number of aromatic amines is 1. The van der Waals surface area contributed by atoms with Crippen molar-refractivity contribution in [3.05, 3.63) is 68.5 Å². The van der Waals surface area contributed by atoms with Gasteiger partial charge in [-0.05, 0) is 5.56 Å². The van der Waals surface area contributed by atoms with Crippen LogP contribution in [-0.4, -0.2) is 38.6 Å². The van der Waals surface area contributed by atoms with E-state index in [0.717, 1.165) is 5.56 Å². The fourth-order valence-electron chi connectivity index (χ4n) is 2.75. The SMILES string of the molecule is O=c1[nH]c(=O)n(C2CC(O)C(CO)O2)cc1COCc1ccccc1. The number of nitrogens with zero attached hydrogens (tertiary/aromatic N) is 1. The smallest absolute Gasteiger partial charge is 0.330 e. The molecule has 0 aliphatic carbocycles. The highest BCUT2D eigenvalue weighted by molar-refractivity contribution is 5.13. The van der Waals surface area contributed by atoms with Crippen molar-refractivity contribution in [2.75, 3.05) is 6.61 Å². The van der Waals surface area contributed by atoms with Crippen LogP contribution >= 0.6 is 0 Å². The number of hydrogen-bond donors (Lipinski definition) is 3. The Balaban J connectivity index is 1.72. The summed E-state index contributed by atoms with van der Waals surface area (Å²) in [5, 5.41) is 18.9. The van der Waals surface area contributed by atoms with Gasteiger partial charge >= 0.3 is 5.69 Å². The summed E-state index contributed by atoms with van der Waals surface area (Å²) in [5.74, 6) is 0. The molecule has 1 aliphatic rings. The van der Waals surface area contributed by atoms with Gasteiger partial charge in [0.1, 0.15) is 12.3 Å². The van der Waals surface area contributed by atoms with E-state index in [1.54, 1.807) is 0 Å². The van der Waals surface area contributed by atoms with Gasteiger partial charge in [0.25, 0.3) is 5.56 Å². The summed E-state index contributed by atoms with van der Waals surface area (Å²) in [4.78, 5) is 26.2. The zero-order valence-electron chi connectivity index (χ0n) is 13.5. The molecule has 0 amide bonds. The van der Waals surface area contributed by atoms with Gasteiger partial charge in [-0.2, -0.15) is 0 Å². The van der Waals surface area contributed by atoms with Crippen LogP contribution < -0.4 is 11.2 Å². The van der Waals surface area contributed by atoms with Gasteiger partial charge in [0.15, 0.2) is 0 Å². The van der Waals surface area contributed by atoms with Crippen LogP contribution in [0, 0.1) is 0 Å². The van der Waals surface area contributed by atoms with E-state index in [-0.39, 0.29) is 25.2 Å². The number of rotatable bonds is 6. The maximum atomic E-state index is 12.0. The number of H-pyrrole nitrogens is 1. The first kappa shape index (κ1) is 17.6. The van der Waals surface area contributed by atoms with Crippen molar-refractivity contribution in [2.45, 2.75) is 38.1 Å². The third-order valence-corrected chi connectivity index (χ3v) is 4.11. The van der Waals surface area contributed by atoms with Gasteiger partial charge in [0.05, 0.1) is 31.5 Å². The lowest BCUT2D eigenvalue weighted by atomic mass is 10.2. The van der Waals surface area contributed by atoms with Crippen LogP contribution in [0.1, 0.15) is 23.8 Å². The number of ether oxygens (including phenoxy) is 2. The molecule has 3 unspecified atom stereocenters. The molecule has 8 heteroatoms. The average molecular weight is 348 g/mol. The normalized spacial score (nSPS) is 23.0. The number of aliphatic hydroxyl groups is 2. The Kier molecular flexibility index (Phi) is 5.44. The molecule has 3 rings (SSSR count). The second kappa shape index (κ2) is 7.75. The lowest BCUT2D eigenvalue weighted by Crippen LogP contribution is -2.34. The average Bonchev–Trinajstić information content (AvgIpc) is 2.98. The molecule has 25 heavy (non-hydrogen) atoms. The molecule has 1 aromatic heterocycles. The molecule has 2 aromatic rings. The van der Waals surface area contributed by atoms with E-state index in [4.69, 9.17) is 14.6 Å². The van der Waals surface area contributed by atoms with Gasteiger partial charge < -0.3 is 19.7 Å². The number of aromatic nitrogens is 2. The summed E-state index contributed by atoms with van der Waals surface area (Å²) in [6.45, 7) is 0.0245. The Morgan fingerprint density at radius 2 is 2.00 bits per heavy atom. The number of aliphatic hydroxyl groups excluding tert-OH is 2. The summed E-state index contributed by atoms with van der Waals surface area (Å²) in [6.07, 6.45) is -0.831. The molecular weight excluding hydrogens is 328 g/mol. The Bertz CT molecular complexity index is 816. The molecule has 1 fully saturated rings. The van der Waals surface area contributed by atoms with Gasteiger partial charge in [0.2, 0.25) is 0 Å². The lowest BCUT2D eigenvalue weighted by molar-refractivity contribution is -0.0461. The van der Waals surface area contributed by atoms with Crippen LogP contribution in [0.4, 0.5) is 0 Å². The quantitative estimate of drug-likeness (QED) is 0.671. The van der Waals surface area contributed by atoms with Gasteiger partial charge in [-0.1, -0.05) is 30.3 Å². The van der Waals surface area contributed by atoms with Gasteiger partial charge in [-0.25, -0.2) is 4.79 Å². The minimum atomic E-state index is -0.869. The molecule has 2 heterocycles. The number of benzene rings is 1. The monoisotopic (exact) mass is 348 g/mol. The molecule has 3 N–H and O–H groups in total. The molecule has 134 valence electrons. The zero-order valence-corrected chi connectivity index (χ0v) is 13.5. The first-order chi connectivity index (χ1) is 12.1. The second-order valence-corrected chi connectivity index (χ2v) is 5.91. The molecular formula is C17H20N2O6. The fraction of sp³-hybridized carbons (Fsp3) is 0.412. The van der Waals surface area contributed by atoms with E-state index in [1.807, 2.05) is 30.3 Å². The van der Waals surface area contributed by atoms with Crippen molar-refractivity contribution in [3.63, 3.8) is 0 Å². The lowest BCUT2D eigenvalue weighted by Gasteiger charge is -2.15. The fourth-order valence-corrected chi connectivity index (χ4v) is 2.75. The summed E-state index contributed by atoms with van der Waals surface area (Å²) in [5.41, 5.74) is 0.0977. The van der Waals surface area contributed by atoms with E-state index in [0.29, 0.717) is 6.61 Å². The molecule has 0 spiro atoms. The summed E-state index contributed by atoms with van der Waals surface area (Å²) >= 11 is 0. The topological polar surface area (TPSA) is 114 Å². The highest BCUT2D eigenvalue weighted by Crippen LogP contribution is 2.27. The van der Waals surface area contributed by atoms with Gasteiger partial charge in [0, 0.05) is 12.6 Å². The number of hydrogen-bond acceptors (Lipinski definition) is 6. The van der Waals surface area contributed by atoms with Gasteiger partial charge in [-0.3, -0.25) is 14.3 Å². The van der Waals surface area contributed by atoms with Crippen LogP contribution in [0.5, 0.6) is 0 Å². The standard InChI is InChI=1S/C17H20N2O6/c20-8-14-13(21)6-15(25-14)19-7-12(16(22)18-17(19)23)10-24-9-11-4-2-1-3-5-11/h1-5,7,13-15,20-21H,6,8-10H2,(H,18,22,23). The van der Waals surface area contributed by atoms with Crippen molar-refractivity contribution in [2.24, 2.45) is 0 Å². The van der Waals surface area contributed by atoms with Crippen molar-refractivity contribution in [1.29, 1.82) is 0 Å². The maximum absolute atomic E-state index is 12.0. The highest BCUT2D eigenvalue weighted by Gasteiger charge is 2.35. The largest absolute Gasteiger partial charge is 0.394 e. The molecule has 0 bridgehead atoms. The molecule has 0 radical (unpaired) electrons. The molecule has 8 nitrogen and oxygen atoms in total. The van der Waals surface area contributed by atoms with Gasteiger partial charge in [-0.15, -0.1) is 0 Å². The van der Waals surface area contributed by atoms with Crippen LogP contribution in [0.3, 0.4) is 0 Å². The first-order valence-corrected chi connectivity index (χ1v) is 7.99. The Morgan fingerprint density at radius 1 is 1.24 bits per heavy atom. The van der Waals surface area contributed by atoms with Crippen molar-refractivity contribution < 1.29 is 19.7 Å². The molecule has 0 saturated carbocycles. The van der Waals surface area contributed by atoms with E-state index >= 15 is 0 Å². The van der Waals surface area contributed by atoms with Crippen LogP contribution in [0.2, 0.25) is 0 Å². The summed E-state index contributed by atoms with van der Waals surface area (Å²) in [7, 11) is 0. The summed E-state index contributed by atoms with van der Waals surface area (Å²) < 4.78 is 12.2. The van der Waals surface area contributed by atoms with Crippen molar-refractivity contribution in [3.8, 4) is 0 Å². The second-order valence-electron chi connectivity index (χ2n) is 5.91. The molecule has 3 atom stereocenters. The third kappa shape index (κ3) is 4.05. The minimum Gasteiger partial charge on any atom is -0.394 e. The van der Waals surface area contributed by atoms with E-state index in [1.165, 1.54) is 10.8 Å². The minimum absolute atomic E-state index is 0.0310. The predicted molar refractivity (Wildman–Crippen MR) is 87.9 cm³/mol. The van der Waals surface area contributed by atoms with E-state index in [2.05, 4.69) is 4.98 Å². The maximum Gasteiger partial charge on any atom is 0.330 e. The Hall–Kier alpha value is -2.26. The van der Waals surface area contributed by atoms with Crippen molar-refractivity contribution >= 4 is 0 Å². The Labute approximate surface area is 143 Å². The predicted octanol–water partition coefficient (Wildman–Crippen LogP) is -0.106. The molecule has 1 aliphatic heterocycles. The van der Waals surface area contributed by atoms with Crippen LogP contribution in [-0.2, 0) is 22.7 Å². The summed E-state index contributed by atoms with van der Waals surface area (Å²) in [6, 6.07) is 9.51. The van der Waals surface area contributed by atoms with E-state index in [9.17, 15) is 14.7 Å². The highest BCUT2D eigenvalue weighted by atomic mass is 16.5. The number of nitrogens with one attached hydrogen (secondary N) is 1. The van der Waals surface area contributed by atoms with Crippen molar-refractivity contribution in [1.82, 2.24) is 9.55 Å². The molecule has 1 saturated heterocycles. The first-order valence-electron chi connectivity index (χ1n) is 7.99. The third-order valence-electron chi connectivity index (χ3n) is 4.11. The van der Waals surface area contributed by atoms with Crippen LogP contribution in [0.25, 0.3) is 0 Å².